The van der Waals surface area contributed by atoms with Crippen molar-refractivity contribution < 1.29 is 14.6 Å². The average Bonchev–Trinajstić information content (AvgIpc) is 2.97. The highest BCUT2D eigenvalue weighted by Gasteiger charge is 2.18. The Bertz CT molecular complexity index is 623. The van der Waals surface area contributed by atoms with E-state index in [9.17, 15) is 9.90 Å². The van der Waals surface area contributed by atoms with Crippen LogP contribution >= 0.6 is 0 Å². The predicted octanol–water partition coefficient (Wildman–Crippen LogP) is 2.16. The number of carbonyl (C=O) groups is 1. The Morgan fingerprint density at radius 2 is 2.13 bits per heavy atom. The molecule has 1 atom stereocenters. The van der Waals surface area contributed by atoms with E-state index >= 15 is 0 Å². The first-order chi connectivity index (χ1) is 11.1. The topological polar surface area (TPSA) is 76.4 Å². The molecule has 1 aromatic heterocycles. The molecule has 0 saturated carbocycles. The van der Waals surface area contributed by atoms with Crippen molar-refractivity contribution in [2.24, 2.45) is 0 Å². The third kappa shape index (κ3) is 4.82. The van der Waals surface area contributed by atoms with Crippen LogP contribution in [0.1, 0.15) is 37.2 Å². The van der Waals surface area contributed by atoms with Gasteiger partial charge in [-0.25, -0.2) is 4.68 Å². The summed E-state index contributed by atoms with van der Waals surface area (Å²) in [5.41, 5.74) is 1.12. The molecule has 2 N–H and O–H groups in total. The van der Waals surface area contributed by atoms with Gasteiger partial charge in [0.15, 0.2) is 11.4 Å². The molecule has 23 heavy (non-hydrogen) atoms. The molecular weight excluding hydrogens is 294 g/mol. The van der Waals surface area contributed by atoms with Gasteiger partial charge in [0.25, 0.3) is 5.91 Å². The molecule has 1 aromatic carbocycles. The summed E-state index contributed by atoms with van der Waals surface area (Å²) in [5, 5.41) is 16.4. The van der Waals surface area contributed by atoms with Crippen LogP contribution in [0.5, 0.6) is 5.75 Å². The molecule has 0 radical (unpaired) electrons. The van der Waals surface area contributed by atoms with E-state index in [1.807, 2.05) is 37.3 Å². The van der Waals surface area contributed by atoms with Crippen LogP contribution in [0.15, 0.2) is 36.5 Å². The molecule has 0 fully saturated rings. The van der Waals surface area contributed by atoms with Crippen molar-refractivity contribution in [3.63, 3.8) is 0 Å². The number of carbonyl (C=O) groups excluding carboxylic acids is 1. The van der Waals surface area contributed by atoms with Gasteiger partial charge in [-0.2, -0.15) is 5.10 Å². The fourth-order valence-corrected chi connectivity index (χ4v) is 2.02. The smallest absolute Gasteiger partial charge is 0.275 e. The highest BCUT2D eigenvalue weighted by molar-refractivity contribution is 5.94. The van der Waals surface area contributed by atoms with E-state index in [-0.39, 0.29) is 11.6 Å². The van der Waals surface area contributed by atoms with Crippen molar-refractivity contribution in [3.8, 4) is 11.4 Å². The average molecular weight is 317 g/mol. The van der Waals surface area contributed by atoms with Gasteiger partial charge in [-0.15, -0.1) is 0 Å². The minimum Gasteiger partial charge on any atom is -0.489 e. The molecular formula is C17H23N3O3. The van der Waals surface area contributed by atoms with Crippen LogP contribution in [0.25, 0.3) is 5.69 Å². The molecule has 1 heterocycles. The lowest BCUT2D eigenvalue weighted by atomic mass is 10.3. The van der Waals surface area contributed by atoms with E-state index in [1.165, 1.54) is 0 Å². The summed E-state index contributed by atoms with van der Waals surface area (Å²) in [7, 11) is 0. The van der Waals surface area contributed by atoms with Crippen molar-refractivity contribution in [2.75, 3.05) is 13.2 Å². The van der Waals surface area contributed by atoms with Crippen LogP contribution in [0.2, 0.25) is 0 Å². The number of rotatable bonds is 8. The van der Waals surface area contributed by atoms with E-state index < -0.39 is 6.10 Å². The molecule has 124 valence electrons. The number of nitrogens with zero attached hydrogens (tertiary/aromatic N) is 2. The number of aromatic nitrogens is 2. The zero-order valence-electron chi connectivity index (χ0n) is 13.5. The fourth-order valence-electron chi connectivity index (χ4n) is 2.02. The van der Waals surface area contributed by atoms with Crippen LogP contribution in [0.4, 0.5) is 0 Å². The molecule has 0 aliphatic carbocycles. The van der Waals surface area contributed by atoms with Crippen LogP contribution < -0.4 is 10.1 Å². The summed E-state index contributed by atoms with van der Waals surface area (Å²) in [6.07, 6.45) is 2.61. The summed E-state index contributed by atoms with van der Waals surface area (Å²) < 4.78 is 7.28. The van der Waals surface area contributed by atoms with E-state index in [2.05, 4.69) is 10.4 Å². The lowest BCUT2D eigenvalue weighted by Gasteiger charge is -2.07. The first-order valence-corrected chi connectivity index (χ1v) is 7.86. The summed E-state index contributed by atoms with van der Waals surface area (Å²) >= 11 is 0. The van der Waals surface area contributed by atoms with Gasteiger partial charge in [0.05, 0.1) is 24.6 Å². The minimum atomic E-state index is -0.451. The van der Waals surface area contributed by atoms with Crippen LogP contribution in [0.3, 0.4) is 0 Å². The van der Waals surface area contributed by atoms with Gasteiger partial charge in [0.1, 0.15) is 0 Å². The Morgan fingerprint density at radius 1 is 1.39 bits per heavy atom. The van der Waals surface area contributed by atoms with Crippen molar-refractivity contribution in [1.29, 1.82) is 0 Å². The molecule has 2 aromatic rings. The van der Waals surface area contributed by atoms with Gasteiger partial charge in [-0.3, -0.25) is 4.79 Å². The summed E-state index contributed by atoms with van der Waals surface area (Å²) in [5.74, 6) is 0.164. The Labute approximate surface area is 136 Å². The molecule has 0 aliphatic heterocycles. The molecule has 0 aliphatic rings. The molecule has 1 unspecified atom stereocenters. The van der Waals surface area contributed by atoms with E-state index in [4.69, 9.17) is 4.74 Å². The first kappa shape index (κ1) is 17.0. The van der Waals surface area contributed by atoms with Crippen LogP contribution in [-0.4, -0.2) is 40.0 Å². The van der Waals surface area contributed by atoms with Crippen molar-refractivity contribution in [3.05, 3.63) is 42.2 Å². The zero-order valence-corrected chi connectivity index (χ0v) is 13.5. The molecule has 0 spiro atoms. The zero-order chi connectivity index (χ0) is 16.7. The lowest BCUT2D eigenvalue weighted by molar-refractivity contribution is 0.0936. The number of amides is 1. The van der Waals surface area contributed by atoms with Gasteiger partial charge in [0.2, 0.25) is 0 Å². The van der Waals surface area contributed by atoms with Crippen molar-refractivity contribution in [1.82, 2.24) is 15.1 Å². The molecule has 2 rings (SSSR count). The highest BCUT2D eigenvalue weighted by Crippen LogP contribution is 2.20. The summed E-state index contributed by atoms with van der Waals surface area (Å²) in [4.78, 5) is 12.3. The highest BCUT2D eigenvalue weighted by atomic mass is 16.5. The predicted molar refractivity (Wildman–Crippen MR) is 88.0 cm³/mol. The van der Waals surface area contributed by atoms with Crippen molar-refractivity contribution in [2.45, 2.75) is 32.8 Å². The molecule has 1 amide bonds. The van der Waals surface area contributed by atoms with Gasteiger partial charge < -0.3 is 15.2 Å². The monoisotopic (exact) mass is 317 g/mol. The lowest BCUT2D eigenvalue weighted by Crippen LogP contribution is -2.27. The number of aliphatic hydroxyl groups is 1. The number of para-hydroxylation sites is 1. The Balaban J connectivity index is 2.18. The number of hydrogen-bond donors (Lipinski definition) is 2. The van der Waals surface area contributed by atoms with E-state index in [0.717, 1.165) is 12.1 Å². The van der Waals surface area contributed by atoms with Crippen LogP contribution in [0, 0.1) is 0 Å². The number of benzene rings is 1. The van der Waals surface area contributed by atoms with Crippen molar-refractivity contribution >= 4 is 5.91 Å². The van der Waals surface area contributed by atoms with Crippen LogP contribution in [-0.2, 0) is 0 Å². The largest absolute Gasteiger partial charge is 0.489 e. The standard InChI is InChI=1S/C17H23N3O3/c1-3-11-23-15-12-20(14-7-5-4-6-8-14)19-16(15)17(22)18-10-9-13(2)21/h4-8,12-13,21H,3,9-11H2,1-2H3,(H,18,22). The summed E-state index contributed by atoms with van der Waals surface area (Å²) in [6, 6.07) is 9.56. The Kier molecular flexibility index (Phi) is 6.17. The molecule has 0 bridgehead atoms. The van der Waals surface area contributed by atoms with Gasteiger partial charge in [-0.1, -0.05) is 25.1 Å². The quantitative estimate of drug-likeness (QED) is 0.782. The fraction of sp³-hybridized carbons (Fsp3) is 0.412. The third-order valence-electron chi connectivity index (χ3n) is 3.23. The van der Waals surface area contributed by atoms with Gasteiger partial charge in [-0.05, 0) is 31.9 Å². The molecule has 0 saturated heterocycles. The number of aliphatic hydroxyl groups excluding tert-OH is 1. The minimum absolute atomic E-state index is 0.257. The maximum absolute atomic E-state index is 12.3. The second kappa shape index (κ2) is 8.33. The van der Waals surface area contributed by atoms with Gasteiger partial charge in [0, 0.05) is 6.54 Å². The number of hydrogen-bond acceptors (Lipinski definition) is 4. The van der Waals surface area contributed by atoms with E-state index in [1.54, 1.807) is 17.8 Å². The summed E-state index contributed by atoms with van der Waals surface area (Å²) in [6.45, 7) is 4.60. The van der Waals surface area contributed by atoms with E-state index in [0.29, 0.717) is 25.3 Å². The number of ether oxygens (including phenoxy) is 1. The first-order valence-electron chi connectivity index (χ1n) is 7.86. The number of nitrogens with one attached hydrogen (secondary N) is 1. The Morgan fingerprint density at radius 3 is 2.78 bits per heavy atom. The third-order valence-corrected chi connectivity index (χ3v) is 3.23. The molecule has 6 heteroatoms. The maximum atomic E-state index is 12.3. The molecule has 6 nitrogen and oxygen atoms in total. The second-order valence-corrected chi connectivity index (χ2v) is 5.36. The normalized spacial score (nSPS) is 12.0. The Hall–Kier alpha value is -2.34. The SMILES string of the molecule is CCCOc1cn(-c2ccccc2)nc1C(=O)NCCC(C)O. The second-order valence-electron chi connectivity index (χ2n) is 5.36. The maximum Gasteiger partial charge on any atom is 0.275 e. The van der Waals surface area contributed by atoms with Gasteiger partial charge >= 0.3 is 0 Å².